The molecule has 9 nitrogen and oxygen atoms in total. The fraction of sp³-hybridized carbons (Fsp3) is 0.280. The van der Waals surface area contributed by atoms with Gasteiger partial charge in [-0.25, -0.2) is 9.37 Å². The highest BCUT2D eigenvalue weighted by Gasteiger charge is 2.22. The first-order chi connectivity index (χ1) is 17.9. The molecule has 0 aliphatic carbocycles. The van der Waals surface area contributed by atoms with E-state index in [9.17, 15) is 4.39 Å². The number of aromatic nitrogens is 1. The molecule has 4 N–H and O–H groups in total. The quantitative estimate of drug-likeness (QED) is 0.310. The van der Waals surface area contributed by atoms with E-state index < -0.39 is 5.82 Å². The Morgan fingerprint density at radius 3 is 2.68 bits per heavy atom. The molecule has 3 rings (SSSR count). The number of nitrogens with zero attached hydrogens (tertiary/aromatic N) is 4. The lowest BCUT2D eigenvalue weighted by atomic mass is 9.97. The van der Waals surface area contributed by atoms with Crippen LogP contribution in [0, 0.1) is 5.82 Å². The van der Waals surface area contributed by atoms with Gasteiger partial charge in [-0.15, -0.1) is 0 Å². The Labute approximate surface area is 226 Å². The van der Waals surface area contributed by atoms with Crippen LogP contribution in [0.3, 0.4) is 0 Å². The van der Waals surface area contributed by atoms with E-state index >= 15 is 0 Å². The average molecular weight is 548 g/mol. The zero-order chi connectivity index (χ0) is 27.4. The van der Waals surface area contributed by atoms with Gasteiger partial charge in [0.2, 0.25) is 5.88 Å². The first-order valence-corrected chi connectivity index (χ1v) is 12.3. The Bertz CT molecular complexity index is 1220. The lowest BCUT2D eigenvalue weighted by molar-refractivity contribution is 0.125. The van der Waals surface area contributed by atoms with Crippen molar-refractivity contribution in [3.63, 3.8) is 0 Å². The Hall–Kier alpha value is -3.25. The number of methoxy groups -OCH3 is 2. The van der Waals surface area contributed by atoms with Gasteiger partial charge in [0.15, 0.2) is 0 Å². The molecule has 0 unspecified atom stereocenters. The zero-order valence-corrected chi connectivity index (χ0v) is 23.0. The highest BCUT2D eigenvalue weighted by molar-refractivity contribution is 8.00. The van der Waals surface area contributed by atoms with Gasteiger partial charge < -0.3 is 25.2 Å². The molecule has 2 heterocycles. The topological polar surface area (TPSA) is 119 Å². The number of halogens is 2. The van der Waals surface area contributed by atoms with E-state index in [1.54, 1.807) is 26.4 Å². The van der Waals surface area contributed by atoms with E-state index in [0.29, 0.717) is 56.4 Å². The monoisotopic (exact) mass is 547 g/mol. The third-order valence-electron chi connectivity index (χ3n) is 4.89. The van der Waals surface area contributed by atoms with Gasteiger partial charge in [0.05, 0.1) is 29.7 Å². The summed E-state index contributed by atoms with van der Waals surface area (Å²) >= 11 is 7.28. The van der Waals surface area contributed by atoms with Crippen LogP contribution in [0.4, 0.5) is 10.1 Å². The van der Waals surface area contributed by atoms with Crippen LogP contribution in [-0.4, -0.2) is 64.3 Å². The standard InChI is InChI=1S/C24H26ClFN6O2S.CH5N/c1-14(33-4)11-29-23-20(8-16(12-27-2)22(28-3)31-23)15-6-18(26)10-19(7-15)32-35-21-9-17(25)13-30-24(21)34-5;1-2/h6-10,12-14,32H,2,11H2,1,3-5H3,(H,28,29,31);2H2,1H3/b16-12-;/t14-;/m0./s1. The summed E-state index contributed by atoms with van der Waals surface area (Å²) in [6.45, 7) is 5.85. The van der Waals surface area contributed by atoms with Gasteiger partial charge in [-0.1, -0.05) is 11.6 Å². The summed E-state index contributed by atoms with van der Waals surface area (Å²) in [5.41, 5.74) is 7.00. The van der Waals surface area contributed by atoms with Crippen LogP contribution < -0.4 is 20.5 Å². The summed E-state index contributed by atoms with van der Waals surface area (Å²) in [4.78, 5) is 17.6. The molecule has 1 aromatic heterocycles. The average Bonchev–Trinajstić information content (AvgIpc) is 2.91. The van der Waals surface area contributed by atoms with Crippen molar-refractivity contribution in [2.45, 2.75) is 17.9 Å². The smallest absolute Gasteiger partial charge is 0.228 e. The largest absolute Gasteiger partial charge is 0.480 e. The molecular weight excluding hydrogens is 517 g/mol. The van der Waals surface area contributed by atoms with E-state index in [2.05, 4.69) is 42.5 Å². The van der Waals surface area contributed by atoms with E-state index in [1.807, 2.05) is 19.1 Å². The van der Waals surface area contributed by atoms with E-state index in [-0.39, 0.29) is 6.10 Å². The fourth-order valence-electron chi connectivity index (χ4n) is 3.12. The predicted molar refractivity (Wildman–Crippen MR) is 153 cm³/mol. The molecule has 0 saturated heterocycles. The second kappa shape index (κ2) is 15.1. The van der Waals surface area contributed by atoms with Crippen molar-refractivity contribution in [2.24, 2.45) is 20.7 Å². The lowest BCUT2D eigenvalue weighted by Gasteiger charge is -2.22. The third-order valence-corrected chi connectivity index (χ3v) is 5.95. The van der Waals surface area contributed by atoms with Crippen molar-refractivity contribution in [1.82, 2.24) is 10.3 Å². The summed E-state index contributed by atoms with van der Waals surface area (Å²) in [5, 5.41) is 3.68. The van der Waals surface area contributed by atoms with Crippen LogP contribution in [0.25, 0.3) is 5.57 Å². The molecule has 0 spiro atoms. The summed E-state index contributed by atoms with van der Waals surface area (Å²) < 4.78 is 28.5. The van der Waals surface area contributed by atoms with Gasteiger partial charge in [0.25, 0.3) is 0 Å². The van der Waals surface area contributed by atoms with Gasteiger partial charge in [0.1, 0.15) is 17.5 Å². The number of hydrogen-bond acceptors (Lipinski definition) is 9. The minimum atomic E-state index is -0.422. The predicted octanol–water partition coefficient (Wildman–Crippen LogP) is 4.61. The van der Waals surface area contributed by atoms with Crippen LogP contribution in [0.15, 0.2) is 68.2 Å². The maximum absolute atomic E-state index is 14.7. The first kappa shape index (κ1) is 30.0. The highest BCUT2D eigenvalue weighted by Crippen LogP contribution is 2.32. The van der Waals surface area contributed by atoms with Crippen molar-refractivity contribution < 1.29 is 13.9 Å². The Kier molecular flexibility index (Phi) is 12.2. The van der Waals surface area contributed by atoms with E-state index in [1.165, 1.54) is 44.4 Å². The van der Waals surface area contributed by atoms with Crippen molar-refractivity contribution in [3.05, 3.63) is 64.7 Å². The zero-order valence-electron chi connectivity index (χ0n) is 21.4. The number of amidine groups is 2. The summed E-state index contributed by atoms with van der Waals surface area (Å²) in [7, 11) is 6.30. The molecule has 2 aromatic rings. The van der Waals surface area contributed by atoms with E-state index in [0.717, 1.165) is 0 Å². The van der Waals surface area contributed by atoms with Crippen molar-refractivity contribution in [1.29, 1.82) is 0 Å². The molecule has 0 radical (unpaired) electrons. The highest BCUT2D eigenvalue weighted by atomic mass is 35.5. The molecular formula is C25H31ClFN7O2S. The minimum Gasteiger partial charge on any atom is -0.480 e. The van der Waals surface area contributed by atoms with Gasteiger partial charge in [-0.3, -0.25) is 15.0 Å². The second-order valence-corrected chi connectivity index (χ2v) is 8.64. The number of anilines is 1. The molecule has 0 amide bonds. The summed E-state index contributed by atoms with van der Waals surface area (Å²) in [6, 6.07) is 6.36. The minimum absolute atomic E-state index is 0.0956. The molecule has 0 bridgehead atoms. The van der Waals surface area contributed by atoms with Crippen LogP contribution >= 0.6 is 23.5 Å². The number of benzene rings is 1. The van der Waals surface area contributed by atoms with Crippen molar-refractivity contribution >= 4 is 53.2 Å². The Balaban J connectivity index is 0.00000235. The molecule has 12 heteroatoms. The van der Waals surface area contributed by atoms with Crippen LogP contribution in [-0.2, 0) is 4.74 Å². The molecule has 0 fully saturated rings. The van der Waals surface area contributed by atoms with E-state index in [4.69, 9.17) is 21.1 Å². The number of nitrogens with one attached hydrogen (secondary N) is 2. The maximum Gasteiger partial charge on any atom is 0.228 e. The normalized spacial score (nSPS) is 17.0. The fourth-order valence-corrected chi connectivity index (χ4v) is 4.09. The second-order valence-electron chi connectivity index (χ2n) is 7.35. The summed E-state index contributed by atoms with van der Waals surface area (Å²) in [5.74, 6) is 1.11. The molecule has 0 saturated carbocycles. The van der Waals surface area contributed by atoms with Crippen LogP contribution in [0.2, 0.25) is 5.02 Å². The van der Waals surface area contributed by atoms with Gasteiger partial charge in [0, 0.05) is 43.4 Å². The van der Waals surface area contributed by atoms with Gasteiger partial charge in [-0.05, 0) is 68.5 Å². The third kappa shape index (κ3) is 8.39. The number of rotatable bonds is 9. The summed E-state index contributed by atoms with van der Waals surface area (Å²) in [6.07, 6.45) is 4.83. The Morgan fingerprint density at radius 1 is 1.27 bits per heavy atom. The molecule has 1 aromatic carbocycles. The van der Waals surface area contributed by atoms with Crippen molar-refractivity contribution in [3.8, 4) is 5.88 Å². The molecule has 1 aliphatic rings. The van der Waals surface area contributed by atoms with Crippen LogP contribution in [0.1, 0.15) is 12.5 Å². The molecule has 1 atom stereocenters. The number of ether oxygens (including phenoxy) is 2. The number of nitrogens with two attached hydrogens (primary N) is 1. The van der Waals surface area contributed by atoms with Gasteiger partial charge in [-0.2, -0.15) is 0 Å². The number of pyridine rings is 1. The van der Waals surface area contributed by atoms with Crippen molar-refractivity contribution in [2.75, 3.05) is 39.6 Å². The Morgan fingerprint density at radius 2 is 2.03 bits per heavy atom. The van der Waals surface area contributed by atoms with Gasteiger partial charge >= 0.3 is 0 Å². The maximum atomic E-state index is 14.7. The molecule has 1 aliphatic heterocycles. The van der Waals surface area contributed by atoms with Crippen LogP contribution in [0.5, 0.6) is 5.88 Å². The SMILES string of the molecule is C=N/C=C1/C=C(c2cc(F)cc(NSc3cc(Cl)cnc3OC)c2)C(=NC[C@H](C)OC)NC1=NC.CN. The molecule has 37 heavy (non-hydrogen) atoms. The molecule has 198 valence electrons. The number of aliphatic imine (C=N–C) groups is 3. The number of hydrogen-bond donors (Lipinski definition) is 3. The first-order valence-electron chi connectivity index (χ1n) is 11.1. The lowest BCUT2D eigenvalue weighted by Crippen LogP contribution is -2.36.